The Kier molecular flexibility index (Phi) is 6.32. The van der Waals surface area contributed by atoms with E-state index in [-0.39, 0.29) is 6.42 Å². The third-order valence-corrected chi connectivity index (χ3v) is 2.21. The molecule has 0 radical (unpaired) electrons. The molecule has 0 saturated heterocycles. The van der Waals surface area contributed by atoms with Crippen LogP contribution in [0.5, 0.6) is 0 Å². The summed E-state index contributed by atoms with van der Waals surface area (Å²) in [6.45, 7) is 2.83. The second kappa shape index (κ2) is 6.95. The highest BCUT2D eigenvalue weighted by molar-refractivity contribution is 5.97. The van der Waals surface area contributed by atoms with Crippen LogP contribution in [-0.2, 0) is 14.4 Å². The van der Waals surface area contributed by atoms with E-state index in [9.17, 15) is 14.4 Å². The molecule has 0 aliphatic carbocycles. The van der Waals surface area contributed by atoms with Crippen molar-refractivity contribution in [1.82, 2.24) is 4.90 Å². The summed E-state index contributed by atoms with van der Waals surface area (Å²) in [6.07, 6.45) is 1.49. The number of carbonyl (C=O) groups excluding carboxylic acids is 2. The van der Waals surface area contributed by atoms with E-state index in [4.69, 9.17) is 10.8 Å². The lowest BCUT2D eigenvalue weighted by atomic mass is 10.1. The van der Waals surface area contributed by atoms with E-state index >= 15 is 0 Å². The van der Waals surface area contributed by atoms with Crippen molar-refractivity contribution in [2.24, 2.45) is 5.73 Å². The van der Waals surface area contributed by atoms with E-state index in [1.807, 2.05) is 0 Å². The maximum absolute atomic E-state index is 11.2. The van der Waals surface area contributed by atoms with Crippen molar-refractivity contribution in [1.29, 1.82) is 0 Å². The average molecular weight is 230 g/mol. The van der Waals surface area contributed by atoms with Crippen molar-refractivity contribution in [3.63, 3.8) is 0 Å². The Morgan fingerprint density at radius 1 is 1.19 bits per heavy atom. The standard InChI is InChI=1S/C10H18N2O4/c1-7(13)12(8(2)14)9(10(15)16)5-3-4-6-11/h9H,3-6,11H2,1-2H3,(H,15,16). The molecule has 0 aromatic heterocycles. The van der Waals surface area contributed by atoms with Crippen molar-refractivity contribution >= 4 is 17.8 Å². The van der Waals surface area contributed by atoms with Gasteiger partial charge in [0.15, 0.2) is 0 Å². The van der Waals surface area contributed by atoms with Crippen LogP contribution in [0, 0.1) is 0 Å². The second-order valence-corrected chi connectivity index (χ2v) is 3.55. The Morgan fingerprint density at radius 2 is 1.69 bits per heavy atom. The normalized spacial score (nSPS) is 11.9. The molecule has 0 fully saturated rings. The van der Waals surface area contributed by atoms with E-state index < -0.39 is 23.8 Å². The van der Waals surface area contributed by atoms with Crippen LogP contribution in [-0.4, -0.2) is 40.4 Å². The summed E-state index contributed by atoms with van der Waals surface area (Å²) in [7, 11) is 0. The molecule has 0 aromatic rings. The van der Waals surface area contributed by atoms with Crippen molar-refractivity contribution in [2.75, 3.05) is 6.54 Å². The SMILES string of the molecule is CC(=O)N(C(C)=O)C(CCCCN)C(=O)O. The fourth-order valence-electron chi connectivity index (χ4n) is 1.51. The highest BCUT2D eigenvalue weighted by Gasteiger charge is 2.30. The molecule has 2 amide bonds. The van der Waals surface area contributed by atoms with Gasteiger partial charge >= 0.3 is 5.97 Å². The van der Waals surface area contributed by atoms with Gasteiger partial charge in [0.1, 0.15) is 6.04 Å². The van der Waals surface area contributed by atoms with Crippen molar-refractivity contribution < 1.29 is 19.5 Å². The van der Waals surface area contributed by atoms with E-state index in [0.717, 1.165) is 4.90 Å². The van der Waals surface area contributed by atoms with Crippen molar-refractivity contribution in [3.8, 4) is 0 Å². The van der Waals surface area contributed by atoms with Gasteiger partial charge in [-0.25, -0.2) is 4.79 Å². The predicted molar refractivity (Wildman–Crippen MR) is 57.5 cm³/mol. The molecule has 0 aliphatic rings. The van der Waals surface area contributed by atoms with Crippen LogP contribution >= 0.6 is 0 Å². The summed E-state index contributed by atoms with van der Waals surface area (Å²) in [6, 6.07) is -1.08. The summed E-state index contributed by atoms with van der Waals surface area (Å²) in [4.78, 5) is 34.1. The first kappa shape index (κ1) is 14.6. The molecule has 0 heterocycles. The predicted octanol–water partition coefficient (Wildman–Crippen LogP) is -0.0364. The van der Waals surface area contributed by atoms with Crippen molar-refractivity contribution in [2.45, 2.75) is 39.2 Å². The number of rotatable bonds is 6. The minimum Gasteiger partial charge on any atom is -0.480 e. The molecule has 16 heavy (non-hydrogen) atoms. The van der Waals surface area contributed by atoms with Gasteiger partial charge in [-0.2, -0.15) is 0 Å². The molecule has 1 atom stereocenters. The van der Waals surface area contributed by atoms with E-state index in [1.165, 1.54) is 13.8 Å². The third-order valence-electron chi connectivity index (χ3n) is 2.21. The number of aliphatic carboxylic acids is 1. The average Bonchev–Trinajstić information content (AvgIpc) is 2.14. The zero-order valence-electron chi connectivity index (χ0n) is 9.60. The number of nitrogens with two attached hydrogens (primary N) is 1. The van der Waals surface area contributed by atoms with Gasteiger partial charge in [-0.05, 0) is 25.8 Å². The molecule has 6 heteroatoms. The molecule has 92 valence electrons. The molecule has 6 nitrogen and oxygen atoms in total. The van der Waals surface area contributed by atoms with Crippen LogP contribution in [0.15, 0.2) is 0 Å². The Balaban J connectivity index is 4.66. The van der Waals surface area contributed by atoms with Crippen LogP contribution in [0.3, 0.4) is 0 Å². The number of carbonyl (C=O) groups is 3. The first-order chi connectivity index (χ1) is 7.41. The zero-order chi connectivity index (χ0) is 12.7. The second-order valence-electron chi connectivity index (χ2n) is 3.55. The topological polar surface area (TPSA) is 101 Å². The minimum absolute atomic E-state index is 0.242. The van der Waals surface area contributed by atoms with Gasteiger partial charge in [0.2, 0.25) is 11.8 Å². The number of carboxylic acid groups (broad SMARTS) is 1. The van der Waals surface area contributed by atoms with Gasteiger partial charge in [-0.1, -0.05) is 0 Å². The first-order valence-electron chi connectivity index (χ1n) is 5.15. The van der Waals surface area contributed by atoms with Gasteiger partial charge in [-0.3, -0.25) is 14.5 Å². The summed E-state index contributed by atoms with van der Waals surface area (Å²) in [5.74, 6) is -2.26. The third kappa shape index (κ3) is 4.39. The molecular weight excluding hydrogens is 212 g/mol. The fourth-order valence-corrected chi connectivity index (χ4v) is 1.51. The molecule has 0 spiro atoms. The molecular formula is C10H18N2O4. The minimum atomic E-state index is -1.16. The van der Waals surface area contributed by atoms with Crippen LogP contribution in [0.1, 0.15) is 33.1 Å². The molecule has 1 unspecified atom stereocenters. The Hall–Kier alpha value is -1.43. The van der Waals surface area contributed by atoms with Crippen molar-refractivity contribution in [3.05, 3.63) is 0 Å². The lowest BCUT2D eigenvalue weighted by molar-refractivity contribution is -0.156. The van der Waals surface area contributed by atoms with Crippen LogP contribution < -0.4 is 5.73 Å². The Labute approximate surface area is 94.4 Å². The van der Waals surface area contributed by atoms with Crippen LogP contribution in [0.4, 0.5) is 0 Å². The van der Waals surface area contributed by atoms with E-state index in [2.05, 4.69) is 0 Å². The Bertz CT molecular complexity index is 264. The lowest BCUT2D eigenvalue weighted by Crippen LogP contribution is -2.46. The van der Waals surface area contributed by atoms with Gasteiger partial charge in [0.25, 0.3) is 0 Å². The number of carboxylic acids is 1. The number of imide groups is 1. The van der Waals surface area contributed by atoms with Gasteiger partial charge in [0.05, 0.1) is 0 Å². The summed E-state index contributed by atoms with van der Waals surface area (Å²) < 4.78 is 0. The van der Waals surface area contributed by atoms with Crippen LogP contribution in [0.2, 0.25) is 0 Å². The summed E-state index contributed by atoms with van der Waals surface area (Å²) >= 11 is 0. The zero-order valence-corrected chi connectivity index (χ0v) is 9.60. The maximum atomic E-state index is 11.2. The molecule has 0 bridgehead atoms. The molecule has 3 N–H and O–H groups in total. The number of unbranched alkanes of at least 4 members (excludes halogenated alkanes) is 1. The maximum Gasteiger partial charge on any atom is 0.326 e. The molecule has 0 rings (SSSR count). The highest BCUT2D eigenvalue weighted by atomic mass is 16.4. The fraction of sp³-hybridized carbons (Fsp3) is 0.700. The number of nitrogens with zero attached hydrogens (tertiary/aromatic N) is 1. The summed E-state index contributed by atoms with van der Waals surface area (Å²) in [5, 5.41) is 8.96. The van der Waals surface area contributed by atoms with Gasteiger partial charge in [-0.15, -0.1) is 0 Å². The monoisotopic (exact) mass is 230 g/mol. The Morgan fingerprint density at radius 3 is 2.00 bits per heavy atom. The first-order valence-corrected chi connectivity index (χ1v) is 5.15. The van der Waals surface area contributed by atoms with E-state index in [1.54, 1.807) is 0 Å². The number of hydrogen-bond acceptors (Lipinski definition) is 4. The highest BCUT2D eigenvalue weighted by Crippen LogP contribution is 2.10. The number of amides is 2. The number of hydrogen-bond donors (Lipinski definition) is 2. The van der Waals surface area contributed by atoms with Gasteiger partial charge < -0.3 is 10.8 Å². The largest absolute Gasteiger partial charge is 0.480 e. The lowest BCUT2D eigenvalue weighted by Gasteiger charge is -2.24. The smallest absolute Gasteiger partial charge is 0.326 e. The summed E-state index contributed by atoms with van der Waals surface area (Å²) in [5.41, 5.74) is 5.29. The molecule has 0 aromatic carbocycles. The molecule has 0 saturated carbocycles. The quantitative estimate of drug-likeness (QED) is 0.624. The van der Waals surface area contributed by atoms with Gasteiger partial charge in [0, 0.05) is 13.8 Å². The van der Waals surface area contributed by atoms with Crippen LogP contribution in [0.25, 0.3) is 0 Å². The van der Waals surface area contributed by atoms with E-state index in [0.29, 0.717) is 19.4 Å². The molecule has 0 aliphatic heterocycles.